The third-order valence-corrected chi connectivity index (χ3v) is 1.81. The molecule has 0 radical (unpaired) electrons. The first kappa shape index (κ1) is 17.9. The van der Waals surface area contributed by atoms with Gasteiger partial charge in [-0.2, -0.15) is 5.26 Å². The molecule has 1 unspecified atom stereocenters. The lowest BCUT2D eigenvalue weighted by Crippen LogP contribution is -1.94. The van der Waals surface area contributed by atoms with Crippen molar-refractivity contribution >= 4 is 8.69 Å². The number of rotatable bonds is 6. The van der Waals surface area contributed by atoms with Crippen LogP contribution in [0.5, 0.6) is 0 Å². The van der Waals surface area contributed by atoms with Gasteiger partial charge in [0.05, 0.1) is 25.7 Å². The van der Waals surface area contributed by atoms with Gasteiger partial charge in [0.2, 0.25) is 0 Å². The molecule has 1 saturated heterocycles. The molecular formula is C10H21N2O3P. The molecule has 0 amide bonds. The highest BCUT2D eigenvalue weighted by Gasteiger charge is 2.18. The average Bonchev–Trinajstić information content (AvgIpc) is 3.14. The van der Waals surface area contributed by atoms with E-state index in [2.05, 4.69) is 14.6 Å². The number of ether oxygens (including phenoxy) is 1. The predicted molar refractivity (Wildman–Crippen MR) is 63.4 cm³/mol. The van der Waals surface area contributed by atoms with Gasteiger partial charge in [0.25, 0.3) is 0 Å². The topological polar surface area (TPSA) is 81.3 Å². The van der Waals surface area contributed by atoms with E-state index in [1.807, 2.05) is 19.9 Å². The van der Waals surface area contributed by atoms with Gasteiger partial charge < -0.3 is 10.1 Å². The van der Waals surface area contributed by atoms with Gasteiger partial charge in [0.15, 0.2) is 0 Å². The minimum Gasteiger partial charge on any atom is -0.384 e. The average molecular weight is 248 g/mol. The summed E-state index contributed by atoms with van der Waals surface area (Å²) in [7, 11) is 1.38. The molecule has 0 aromatic heterocycles. The van der Waals surface area contributed by atoms with Gasteiger partial charge in [0.1, 0.15) is 0 Å². The van der Waals surface area contributed by atoms with Crippen LogP contribution in [0.2, 0.25) is 0 Å². The fraction of sp³-hybridized carbons (Fsp3) is 0.900. The molecule has 1 fully saturated rings. The van der Waals surface area contributed by atoms with E-state index in [0.717, 1.165) is 13.0 Å². The van der Waals surface area contributed by atoms with Crippen molar-refractivity contribution in [3.63, 3.8) is 0 Å². The second kappa shape index (κ2) is 16.9. The molecular weight excluding hydrogens is 227 g/mol. The van der Waals surface area contributed by atoms with Crippen LogP contribution >= 0.6 is 8.69 Å². The van der Waals surface area contributed by atoms with Crippen molar-refractivity contribution < 1.29 is 13.8 Å². The third kappa shape index (κ3) is 19.1. The van der Waals surface area contributed by atoms with Crippen LogP contribution in [0.3, 0.4) is 0 Å². The number of nitrogens with zero attached hydrogens (tertiary/aromatic N) is 1. The molecule has 0 aromatic rings. The van der Waals surface area contributed by atoms with E-state index in [4.69, 9.17) is 5.26 Å². The van der Waals surface area contributed by atoms with Crippen molar-refractivity contribution in [2.75, 3.05) is 26.9 Å². The zero-order valence-electron chi connectivity index (χ0n) is 10.2. The Morgan fingerprint density at radius 2 is 2.12 bits per heavy atom. The molecule has 1 atom stereocenters. The fourth-order valence-electron chi connectivity index (χ4n) is 0.667. The summed E-state index contributed by atoms with van der Waals surface area (Å²) in [6.07, 6.45) is 1.48. The summed E-state index contributed by atoms with van der Waals surface area (Å²) < 4.78 is 18.8. The maximum absolute atomic E-state index is 9.66. The molecule has 1 N–H and O–H groups in total. The second-order valence-corrected chi connectivity index (χ2v) is 3.11. The third-order valence-electron chi connectivity index (χ3n) is 1.52. The summed E-state index contributed by atoms with van der Waals surface area (Å²) in [4.78, 5) is 0. The summed E-state index contributed by atoms with van der Waals surface area (Å²) in [6.45, 7) is 6.25. The van der Waals surface area contributed by atoms with Crippen molar-refractivity contribution in [3.8, 4) is 6.07 Å². The molecule has 16 heavy (non-hydrogen) atoms. The highest BCUT2D eigenvalue weighted by Crippen LogP contribution is 2.04. The molecule has 0 aliphatic carbocycles. The second-order valence-electron chi connectivity index (χ2n) is 2.70. The quantitative estimate of drug-likeness (QED) is 0.442. The van der Waals surface area contributed by atoms with Crippen molar-refractivity contribution in [3.05, 3.63) is 0 Å². The summed E-state index contributed by atoms with van der Waals surface area (Å²) in [5.74, 6) is 0. The first-order chi connectivity index (χ1) is 7.85. The first-order valence-electron chi connectivity index (χ1n) is 5.39. The molecule has 1 rings (SSSR count). The van der Waals surface area contributed by atoms with E-state index in [1.54, 1.807) is 7.11 Å². The number of hydrogen-bond acceptors (Lipinski definition) is 5. The largest absolute Gasteiger partial charge is 0.384 e. The Hall–Kier alpha value is -0.530. The highest BCUT2D eigenvalue weighted by molar-refractivity contribution is 7.17. The fourth-order valence-corrected chi connectivity index (χ4v) is 0.847. The van der Waals surface area contributed by atoms with Gasteiger partial charge in [-0.05, 0) is 6.42 Å². The molecule has 0 spiro atoms. The Balaban J connectivity index is 0. The molecule has 1 heterocycles. The number of nitrogens with one attached hydrogen (secondary N) is 1. The van der Waals surface area contributed by atoms with Gasteiger partial charge >= 0.3 is 8.69 Å². The summed E-state index contributed by atoms with van der Waals surface area (Å²) in [5, 5.41) is 11.0. The molecule has 6 heteroatoms. The maximum Gasteiger partial charge on any atom is 0.327 e. The van der Waals surface area contributed by atoms with E-state index >= 15 is 0 Å². The highest BCUT2D eigenvalue weighted by atomic mass is 31.1. The van der Waals surface area contributed by atoms with E-state index in [1.165, 1.54) is 0 Å². The normalized spacial score (nSPS) is 16.2. The Bertz CT molecular complexity index is 181. The standard InChI is InChI=1S/C4H8NO2P.C4H7NO.C2H6/c6-8-7-2-1-4-3-5-4;1-6-4-2-3-5;1-2/h4-5H,1-3H2;2,4H2,1H3;1-2H3. The number of hydrogen-bond donors (Lipinski definition) is 1. The Kier molecular flexibility index (Phi) is 18.8. The van der Waals surface area contributed by atoms with E-state index in [-0.39, 0.29) is 8.69 Å². The van der Waals surface area contributed by atoms with Gasteiger partial charge in [-0.25, -0.2) is 4.57 Å². The van der Waals surface area contributed by atoms with Gasteiger partial charge in [-0.1, -0.05) is 13.8 Å². The van der Waals surface area contributed by atoms with Crippen LogP contribution in [0, 0.1) is 11.3 Å². The molecule has 0 bridgehead atoms. The van der Waals surface area contributed by atoms with Crippen molar-refractivity contribution in [2.45, 2.75) is 32.7 Å². The van der Waals surface area contributed by atoms with E-state index in [9.17, 15) is 4.57 Å². The zero-order valence-corrected chi connectivity index (χ0v) is 11.1. The Morgan fingerprint density at radius 3 is 2.44 bits per heavy atom. The van der Waals surface area contributed by atoms with E-state index < -0.39 is 0 Å². The molecule has 1 aliphatic rings. The van der Waals surface area contributed by atoms with Crippen LogP contribution in [0.25, 0.3) is 0 Å². The van der Waals surface area contributed by atoms with Gasteiger partial charge in [-0.3, -0.25) is 4.52 Å². The maximum atomic E-state index is 9.66. The smallest absolute Gasteiger partial charge is 0.327 e. The minimum atomic E-state index is -0.200. The first-order valence-corrected chi connectivity index (χ1v) is 6.12. The zero-order chi connectivity index (χ0) is 12.6. The number of methoxy groups -OCH3 is 1. The van der Waals surface area contributed by atoms with Crippen molar-refractivity contribution in [1.29, 1.82) is 5.26 Å². The van der Waals surface area contributed by atoms with Crippen LogP contribution in [-0.4, -0.2) is 32.9 Å². The summed E-state index contributed by atoms with van der Waals surface area (Å²) in [6, 6.07) is 2.58. The lowest BCUT2D eigenvalue weighted by atomic mass is 10.3. The van der Waals surface area contributed by atoms with Gasteiger partial charge in [-0.15, -0.1) is 0 Å². The molecule has 0 saturated carbocycles. The Morgan fingerprint density at radius 1 is 1.50 bits per heavy atom. The van der Waals surface area contributed by atoms with Crippen LogP contribution in [0.4, 0.5) is 0 Å². The molecule has 94 valence electrons. The van der Waals surface area contributed by atoms with Crippen LogP contribution in [0.1, 0.15) is 26.7 Å². The van der Waals surface area contributed by atoms with Crippen molar-refractivity contribution in [1.82, 2.24) is 5.32 Å². The van der Waals surface area contributed by atoms with Crippen LogP contribution in [0.15, 0.2) is 0 Å². The monoisotopic (exact) mass is 248 g/mol. The molecule has 5 nitrogen and oxygen atoms in total. The van der Waals surface area contributed by atoms with Crippen LogP contribution in [-0.2, 0) is 13.8 Å². The lowest BCUT2D eigenvalue weighted by Gasteiger charge is -1.88. The van der Waals surface area contributed by atoms with Crippen molar-refractivity contribution in [2.24, 2.45) is 0 Å². The van der Waals surface area contributed by atoms with E-state index in [0.29, 0.717) is 25.7 Å². The SMILES string of the molecule is CC.COCCC#N.O=POCCC1CN1. The van der Waals surface area contributed by atoms with Crippen LogP contribution < -0.4 is 5.32 Å². The minimum absolute atomic E-state index is 0.200. The molecule has 0 aromatic carbocycles. The van der Waals surface area contributed by atoms with Gasteiger partial charge in [0, 0.05) is 19.7 Å². The number of nitriles is 1. The molecule has 1 aliphatic heterocycles. The lowest BCUT2D eigenvalue weighted by molar-refractivity contribution is 0.205. The summed E-state index contributed by atoms with van der Waals surface area (Å²) in [5.41, 5.74) is 0. The summed E-state index contributed by atoms with van der Waals surface area (Å²) >= 11 is 0. The Labute approximate surface area is 99.4 Å². The predicted octanol–water partition coefficient (Wildman–Crippen LogP) is 2.14.